The van der Waals surface area contributed by atoms with Gasteiger partial charge in [-0.3, -0.25) is 4.90 Å². The number of piperidine rings is 1. The van der Waals surface area contributed by atoms with Crippen molar-refractivity contribution in [1.29, 1.82) is 0 Å². The zero-order valence-corrected chi connectivity index (χ0v) is 13.3. The Labute approximate surface area is 124 Å². The number of ether oxygens (including phenoxy) is 1. The van der Waals surface area contributed by atoms with E-state index in [9.17, 15) is 0 Å². The standard InChI is InChI=1S/C15H23BrN2O/c1-3-18-8-4-5-11(10-17)15(18)13-9-12(19-2)6-7-14(13)16/h6-7,9,11,15H,3-5,8,10,17H2,1-2H3. The number of hydrogen-bond donors (Lipinski definition) is 1. The molecule has 0 amide bonds. The van der Waals surface area contributed by atoms with Crippen molar-refractivity contribution >= 4 is 15.9 Å². The number of nitrogens with two attached hydrogens (primary N) is 1. The van der Waals surface area contributed by atoms with Gasteiger partial charge in [-0.15, -0.1) is 0 Å². The van der Waals surface area contributed by atoms with E-state index < -0.39 is 0 Å². The number of nitrogens with zero attached hydrogens (tertiary/aromatic N) is 1. The van der Waals surface area contributed by atoms with Crippen LogP contribution in [0.15, 0.2) is 22.7 Å². The van der Waals surface area contributed by atoms with Gasteiger partial charge in [0.25, 0.3) is 0 Å². The smallest absolute Gasteiger partial charge is 0.119 e. The Hall–Kier alpha value is -0.580. The van der Waals surface area contributed by atoms with Crippen LogP contribution in [-0.4, -0.2) is 31.6 Å². The first-order valence-electron chi connectivity index (χ1n) is 6.98. The van der Waals surface area contributed by atoms with E-state index in [1.165, 1.54) is 18.4 Å². The molecule has 106 valence electrons. The summed E-state index contributed by atoms with van der Waals surface area (Å²) in [5, 5.41) is 0. The molecule has 1 aliphatic heterocycles. The molecule has 2 atom stereocenters. The van der Waals surface area contributed by atoms with Crippen molar-refractivity contribution in [3.8, 4) is 5.75 Å². The van der Waals surface area contributed by atoms with Gasteiger partial charge >= 0.3 is 0 Å². The third-order valence-electron chi connectivity index (χ3n) is 4.09. The Bertz CT molecular complexity index is 413. The molecule has 2 N–H and O–H groups in total. The van der Waals surface area contributed by atoms with Crippen molar-refractivity contribution in [1.82, 2.24) is 4.90 Å². The molecule has 0 radical (unpaired) electrons. The highest BCUT2D eigenvalue weighted by molar-refractivity contribution is 9.10. The Morgan fingerprint density at radius 1 is 1.47 bits per heavy atom. The van der Waals surface area contributed by atoms with Crippen LogP contribution >= 0.6 is 15.9 Å². The second-order valence-electron chi connectivity index (χ2n) is 5.10. The van der Waals surface area contributed by atoms with Gasteiger partial charge in [0.05, 0.1) is 7.11 Å². The number of methoxy groups -OCH3 is 1. The van der Waals surface area contributed by atoms with Gasteiger partial charge in [0, 0.05) is 10.5 Å². The van der Waals surface area contributed by atoms with Crippen molar-refractivity contribution < 1.29 is 4.74 Å². The van der Waals surface area contributed by atoms with E-state index in [1.54, 1.807) is 7.11 Å². The second-order valence-corrected chi connectivity index (χ2v) is 5.95. The SMILES string of the molecule is CCN1CCCC(CN)C1c1cc(OC)ccc1Br. The van der Waals surface area contributed by atoms with Crippen molar-refractivity contribution in [2.24, 2.45) is 11.7 Å². The zero-order chi connectivity index (χ0) is 13.8. The minimum atomic E-state index is 0.397. The molecule has 1 heterocycles. The molecule has 2 rings (SSSR count). The maximum Gasteiger partial charge on any atom is 0.119 e. The molecule has 0 aromatic heterocycles. The van der Waals surface area contributed by atoms with E-state index >= 15 is 0 Å². The van der Waals surface area contributed by atoms with Crippen LogP contribution in [-0.2, 0) is 0 Å². The van der Waals surface area contributed by atoms with Crippen LogP contribution in [0, 0.1) is 5.92 Å². The van der Waals surface area contributed by atoms with Crippen molar-refractivity contribution in [3.63, 3.8) is 0 Å². The molecule has 1 aliphatic rings. The van der Waals surface area contributed by atoms with E-state index in [0.717, 1.165) is 29.9 Å². The lowest BCUT2D eigenvalue weighted by molar-refractivity contribution is 0.101. The monoisotopic (exact) mass is 326 g/mol. The molecule has 3 nitrogen and oxygen atoms in total. The van der Waals surface area contributed by atoms with Gasteiger partial charge in [0.15, 0.2) is 0 Å². The normalized spacial score (nSPS) is 24.4. The fraction of sp³-hybridized carbons (Fsp3) is 0.600. The molecule has 0 aliphatic carbocycles. The summed E-state index contributed by atoms with van der Waals surface area (Å²) in [5.74, 6) is 1.44. The minimum absolute atomic E-state index is 0.397. The van der Waals surface area contributed by atoms with Gasteiger partial charge in [0.2, 0.25) is 0 Å². The third-order valence-corrected chi connectivity index (χ3v) is 4.81. The molecular formula is C15H23BrN2O. The summed E-state index contributed by atoms with van der Waals surface area (Å²) in [6.45, 7) is 5.18. The Balaban J connectivity index is 2.39. The molecule has 2 unspecified atom stereocenters. The first-order chi connectivity index (χ1) is 9.21. The van der Waals surface area contributed by atoms with Crippen molar-refractivity contribution in [2.75, 3.05) is 26.7 Å². The number of likely N-dealkylation sites (tertiary alicyclic amines) is 1. The molecule has 1 saturated heterocycles. The van der Waals surface area contributed by atoms with Crippen LogP contribution in [0.5, 0.6) is 5.75 Å². The highest BCUT2D eigenvalue weighted by atomic mass is 79.9. The summed E-state index contributed by atoms with van der Waals surface area (Å²) in [4.78, 5) is 2.53. The van der Waals surface area contributed by atoms with Crippen molar-refractivity contribution in [3.05, 3.63) is 28.2 Å². The maximum atomic E-state index is 6.00. The molecule has 1 aromatic rings. The summed E-state index contributed by atoms with van der Waals surface area (Å²) < 4.78 is 6.52. The zero-order valence-electron chi connectivity index (χ0n) is 11.7. The number of benzene rings is 1. The minimum Gasteiger partial charge on any atom is -0.497 e. The fourth-order valence-electron chi connectivity index (χ4n) is 3.08. The number of halogens is 1. The largest absolute Gasteiger partial charge is 0.497 e. The predicted molar refractivity (Wildman–Crippen MR) is 82.5 cm³/mol. The second kappa shape index (κ2) is 6.73. The van der Waals surface area contributed by atoms with Crippen LogP contribution in [0.3, 0.4) is 0 Å². The average molecular weight is 327 g/mol. The molecule has 1 fully saturated rings. The first kappa shape index (κ1) is 14.8. The van der Waals surface area contributed by atoms with E-state index in [0.29, 0.717) is 12.0 Å². The van der Waals surface area contributed by atoms with E-state index in [-0.39, 0.29) is 0 Å². The summed E-state index contributed by atoms with van der Waals surface area (Å²) in [6, 6.07) is 6.60. The van der Waals surface area contributed by atoms with E-state index in [4.69, 9.17) is 10.5 Å². The topological polar surface area (TPSA) is 38.5 Å². The Morgan fingerprint density at radius 2 is 2.26 bits per heavy atom. The average Bonchev–Trinajstić information content (AvgIpc) is 2.47. The highest BCUT2D eigenvalue weighted by Crippen LogP contribution is 2.39. The third kappa shape index (κ3) is 3.12. The quantitative estimate of drug-likeness (QED) is 0.923. The molecule has 0 spiro atoms. The Morgan fingerprint density at radius 3 is 2.89 bits per heavy atom. The summed E-state index contributed by atoms with van der Waals surface area (Å²) in [6.07, 6.45) is 2.45. The van der Waals surface area contributed by atoms with Gasteiger partial charge in [-0.1, -0.05) is 22.9 Å². The first-order valence-corrected chi connectivity index (χ1v) is 7.78. The lowest BCUT2D eigenvalue weighted by atomic mass is 9.84. The van der Waals surface area contributed by atoms with Gasteiger partial charge in [-0.05, 0) is 62.2 Å². The molecule has 19 heavy (non-hydrogen) atoms. The van der Waals surface area contributed by atoms with Gasteiger partial charge in [-0.25, -0.2) is 0 Å². The van der Waals surface area contributed by atoms with Gasteiger partial charge in [0.1, 0.15) is 5.75 Å². The predicted octanol–water partition coefficient (Wildman–Crippen LogP) is 3.19. The van der Waals surface area contributed by atoms with Crippen LogP contribution in [0.4, 0.5) is 0 Å². The van der Waals surface area contributed by atoms with Gasteiger partial charge < -0.3 is 10.5 Å². The summed E-state index contributed by atoms with van der Waals surface area (Å²) in [7, 11) is 1.71. The van der Waals surface area contributed by atoms with E-state index in [1.807, 2.05) is 6.07 Å². The Kier molecular flexibility index (Phi) is 5.25. The molecule has 0 saturated carbocycles. The fourth-order valence-corrected chi connectivity index (χ4v) is 3.56. The highest BCUT2D eigenvalue weighted by Gasteiger charge is 2.32. The summed E-state index contributed by atoms with van der Waals surface area (Å²) >= 11 is 3.69. The maximum absolute atomic E-state index is 6.00. The van der Waals surface area contributed by atoms with Crippen molar-refractivity contribution in [2.45, 2.75) is 25.8 Å². The molecule has 4 heteroatoms. The lowest BCUT2D eigenvalue weighted by Crippen LogP contribution is -2.41. The molecule has 0 bridgehead atoms. The number of hydrogen-bond acceptors (Lipinski definition) is 3. The van der Waals surface area contributed by atoms with Crippen LogP contribution in [0.25, 0.3) is 0 Å². The van der Waals surface area contributed by atoms with E-state index in [2.05, 4.69) is 39.9 Å². The molecular weight excluding hydrogens is 304 g/mol. The van der Waals surface area contributed by atoms with Crippen LogP contribution < -0.4 is 10.5 Å². The lowest BCUT2D eigenvalue weighted by Gasteiger charge is -2.41. The summed E-state index contributed by atoms with van der Waals surface area (Å²) in [5.41, 5.74) is 7.30. The van der Waals surface area contributed by atoms with Gasteiger partial charge in [-0.2, -0.15) is 0 Å². The van der Waals surface area contributed by atoms with Crippen LogP contribution in [0.1, 0.15) is 31.4 Å². The molecule has 1 aromatic carbocycles. The van der Waals surface area contributed by atoms with Crippen LogP contribution in [0.2, 0.25) is 0 Å². The number of rotatable bonds is 4.